The number of pyridine rings is 1. The normalized spacial score (nSPS) is 10.2. The Bertz CT molecular complexity index is 472. The van der Waals surface area contributed by atoms with Crippen molar-refractivity contribution in [1.82, 2.24) is 10.3 Å². The minimum absolute atomic E-state index is 0.102. The van der Waals surface area contributed by atoms with E-state index in [1.165, 1.54) is 7.11 Å². The highest BCUT2D eigenvalue weighted by atomic mass is 16.5. The number of anilines is 1. The predicted molar refractivity (Wildman–Crippen MR) is 72.1 cm³/mol. The van der Waals surface area contributed by atoms with E-state index in [2.05, 4.69) is 20.4 Å². The third-order valence-corrected chi connectivity index (χ3v) is 2.37. The van der Waals surface area contributed by atoms with Crippen LogP contribution in [0.2, 0.25) is 0 Å². The highest BCUT2D eigenvalue weighted by Crippen LogP contribution is 2.11. The van der Waals surface area contributed by atoms with Crippen LogP contribution in [0, 0.1) is 6.92 Å². The van der Waals surface area contributed by atoms with Gasteiger partial charge < -0.3 is 15.4 Å². The van der Waals surface area contributed by atoms with E-state index in [4.69, 9.17) is 0 Å². The Balaban J connectivity index is 2.64. The van der Waals surface area contributed by atoms with Gasteiger partial charge in [-0.15, -0.1) is 0 Å². The zero-order valence-corrected chi connectivity index (χ0v) is 11.6. The summed E-state index contributed by atoms with van der Waals surface area (Å²) in [5.41, 5.74) is 0.973. The molecule has 0 aliphatic heterocycles. The number of amides is 1. The van der Waals surface area contributed by atoms with Gasteiger partial charge in [-0.3, -0.25) is 4.79 Å². The van der Waals surface area contributed by atoms with Crippen LogP contribution >= 0.6 is 0 Å². The van der Waals surface area contributed by atoms with Gasteiger partial charge in [0.15, 0.2) is 0 Å². The first-order chi connectivity index (χ1) is 8.93. The predicted octanol–water partition coefficient (Wildman–Crippen LogP) is 1.11. The summed E-state index contributed by atoms with van der Waals surface area (Å²) in [6.45, 7) is 5.64. The second kappa shape index (κ2) is 6.72. The lowest BCUT2D eigenvalue weighted by Gasteiger charge is -2.10. The van der Waals surface area contributed by atoms with Crippen LogP contribution in [0.4, 0.5) is 5.82 Å². The van der Waals surface area contributed by atoms with Crippen molar-refractivity contribution in [3.63, 3.8) is 0 Å². The van der Waals surface area contributed by atoms with Crippen LogP contribution in [0.1, 0.15) is 29.9 Å². The summed E-state index contributed by atoms with van der Waals surface area (Å²) in [6, 6.07) is 3.37. The maximum absolute atomic E-state index is 11.5. The first-order valence-electron chi connectivity index (χ1n) is 6.03. The van der Waals surface area contributed by atoms with Crippen LogP contribution < -0.4 is 10.6 Å². The van der Waals surface area contributed by atoms with Crippen molar-refractivity contribution < 1.29 is 14.3 Å². The zero-order valence-electron chi connectivity index (χ0n) is 11.6. The summed E-state index contributed by atoms with van der Waals surface area (Å²) in [7, 11) is 1.32. The van der Waals surface area contributed by atoms with Gasteiger partial charge in [-0.05, 0) is 32.9 Å². The van der Waals surface area contributed by atoms with Crippen LogP contribution in [0.15, 0.2) is 12.1 Å². The van der Waals surface area contributed by atoms with Gasteiger partial charge in [-0.1, -0.05) is 0 Å². The molecule has 0 unspecified atom stereocenters. The van der Waals surface area contributed by atoms with E-state index in [1.807, 2.05) is 13.8 Å². The second-order valence-electron chi connectivity index (χ2n) is 4.40. The number of methoxy groups -OCH3 is 1. The highest BCUT2D eigenvalue weighted by molar-refractivity contribution is 5.90. The fourth-order valence-electron chi connectivity index (χ4n) is 1.53. The van der Waals surface area contributed by atoms with E-state index < -0.39 is 5.97 Å². The summed E-state index contributed by atoms with van der Waals surface area (Å²) in [5.74, 6) is 0.0182. The Morgan fingerprint density at radius 2 is 2.05 bits per heavy atom. The Labute approximate surface area is 112 Å². The van der Waals surface area contributed by atoms with Crippen molar-refractivity contribution in [3.8, 4) is 0 Å². The minimum Gasteiger partial charge on any atom is -0.465 e. The molecule has 0 saturated carbocycles. The van der Waals surface area contributed by atoms with Gasteiger partial charge in [0.1, 0.15) is 5.82 Å². The second-order valence-corrected chi connectivity index (χ2v) is 4.40. The van der Waals surface area contributed by atoms with Crippen LogP contribution in [-0.4, -0.2) is 36.6 Å². The molecule has 1 aromatic heterocycles. The molecule has 0 saturated heterocycles. The molecule has 2 N–H and O–H groups in total. The molecule has 19 heavy (non-hydrogen) atoms. The van der Waals surface area contributed by atoms with Gasteiger partial charge in [0, 0.05) is 6.04 Å². The quantitative estimate of drug-likeness (QED) is 0.780. The molecule has 0 radical (unpaired) electrons. The van der Waals surface area contributed by atoms with Crippen molar-refractivity contribution >= 4 is 17.7 Å². The first-order valence-corrected chi connectivity index (χ1v) is 6.03. The molecule has 0 fully saturated rings. The third-order valence-electron chi connectivity index (χ3n) is 2.37. The number of ether oxygens (including phenoxy) is 1. The van der Waals surface area contributed by atoms with E-state index in [1.54, 1.807) is 19.1 Å². The van der Waals surface area contributed by atoms with Gasteiger partial charge in [0.25, 0.3) is 0 Å². The van der Waals surface area contributed by atoms with Gasteiger partial charge in [0.2, 0.25) is 5.91 Å². The highest BCUT2D eigenvalue weighted by Gasteiger charge is 2.11. The number of carbonyl (C=O) groups excluding carboxylic acids is 2. The number of aryl methyl sites for hydroxylation is 1. The lowest BCUT2D eigenvalue weighted by atomic mass is 10.2. The molecule has 0 aromatic carbocycles. The Morgan fingerprint density at radius 1 is 1.37 bits per heavy atom. The largest absolute Gasteiger partial charge is 0.465 e. The number of nitrogens with zero attached hydrogens (tertiary/aromatic N) is 1. The smallest absolute Gasteiger partial charge is 0.339 e. The summed E-state index contributed by atoms with van der Waals surface area (Å²) in [5, 5.41) is 5.66. The van der Waals surface area contributed by atoms with Crippen molar-refractivity contribution in [2.45, 2.75) is 26.8 Å². The number of hydrogen-bond acceptors (Lipinski definition) is 5. The van der Waals surface area contributed by atoms with E-state index >= 15 is 0 Å². The number of aromatic nitrogens is 1. The number of rotatable bonds is 5. The Kier molecular flexibility index (Phi) is 5.29. The summed E-state index contributed by atoms with van der Waals surface area (Å²) in [4.78, 5) is 27.0. The molecule has 1 aromatic rings. The molecule has 1 rings (SSSR count). The molecule has 0 atom stereocenters. The van der Waals surface area contributed by atoms with Crippen LogP contribution in [-0.2, 0) is 9.53 Å². The summed E-state index contributed by atoms with van der Waals surface area (Å²) >= 11 is 0. The van der Waals surface area contributed by atoms with Crippen molar-refractivity contribution in [2.75, 3.05) is 19.0 Å². The maximum atomic E-state index is 11.5. The number of nitrogens with one attached hydrogen (secondary N) is 2. The van der Waals surface area contributed by atoms with E-state index in [0.29, 0.717) is 17.1 Å². The van der Waals surface area contributed by atoms with Crippen LogP contribution in [0.5, 0.6) is 0 Å². The number of esters is 1. The fourth-order valence-corrected chi connectivity index (χ4v) is 1.53. The summed E-state index contributed by atoms with van der Waals surface area (Å²) in [6.07, 6.45) is 0. The van der Waals surface area contributed by atoms with Crippen molar-refractivity contribution in [1.29, 1.82) is 0 Å². The van der Waals surface area contributed by atoms with Gasteiger partial charge in [0.05, 0.1) is 24.9 Å². The number of hydrogen-bond donors (Lipinski definition) is 2. The standard InChI is InChI=1S/C13H19N3O3/c1-8(2)15-12(17)7-14-11-6-5-10(9(3)16-11)13(18)19-4/h5-6,8H,7H2,1-4H3,(H,14,16)(H,15,17). The third kappa shape index (κ3) is 4.57. The molecule has 0 aliphatic carbocycles. The lowest BCUT2D eigenvalue weighted by Crippen LogP contribution is -2.35. The topological polar surface area (TPSA) is 80.3 Å². The molecule has 6 heteroatoms. The molecule has 0 bridgehead atoms. The van der Waals surface area contributed by atoms with Crippen LogP contribution in [0.25, 0.3) is 0 Å². The molecule has 0 spiro atoms. The SMILES string of the molecule is COC(=O)c1ccc(NCC(=O)NC(C)C)nc1C. The molecule has 1 heterocycles. The van der Waals surface area contributed by atoms with Gasteiger partial charge in [-0.25, -0.2) is 9.78 Å². The van der Waals surface area contributed by atoms with E-state index in [0.717, 1.165) is 0 Å². The molecular formula is C13H19N3O3. The van der Waals surface area contributed by atoms with Gasteiger partial charge >= 0.3 is 5.97 Å². The maximum Gasteiger partial charge on any atom is 0.339 e. The molecule has 1 amide bonds. The van der Waals surface area contributed by atoms with Crippen molar-refractivity contribution in [3.05, 3.63) is 23.4 Å². The molecule has 6 nitrogen and oxygen atoms in total. The molecular weight excluding hydrogens is 246 g/mol. The molecule has 0 aliphatic rings. The van der Waals surface area contributed by atoms with Gasteiger partial charge in [-0.2, -0.15) is 0 Å². The first kappa shape index (κ1) is 14.9. The average Bonchev–Trinajstić information content (AvgIpc) is 2.35. The van der Waals surface area contributed by atoms with Crippen LogP contribution in [0.3, 0.4) is 0 Å². The zero-order chi connectivity index (χ0) is 14.4. The van der Waals surface area contributed by atoms with Crippen molar-refractivity contribution in [2.24, 2.45) is 0 Å². The minimum atomic E-state index is -0.422. The molecule has 104 valence electrons. The van der Waals surface area contributed by atoms with E-state index in [9.17, 15) is 9.59 Å². The Hall–Kier alpha value is -2.11. The summed E-state index contributed by atoms with van der Waals surface area (Å²) < 4.78 is 4.64. The van der Waals surface area contributed by atoms with E-state index in [-0.39, 0.29) is 18.5 Å². The number of carbonyl (C=O) groups is 2. The Morgan fingerprint density at radius 3 is 2.58 bits per heavy atom. The lowest BCUT2D eigenvalue weighted by molar-refractivity contribution is -0.119. The fraction of sp³-hybridized carbons (Fsp3) is 0.462. The average molecular weight is 265 g/mol. The monoisotopic (exact) mass is 265 g/mol.